The van der Waals surface area contributed by atoms with Crippen LogP contribution in [0.5, 0.6) is 5.75 Å². The number of pyridine rings is 1. The van der Waals surface area contributed by atoms with Crippen LogP contribution in [0.15, 0.2) is 54.7 Å². The van der Waals surface area contributed by atoms with E-state index in [0.29, 0.717) is 5.52 Å². The molecule has 0 spiro atoms. The Kier molecular flexibility index (Phi) is 7.30. The van der Waals surface area contributed by atoms with Gasteiger partial charge in [0.15, 0.2) is 0 Å². The van der Waals surface area contributed by atoms with E-state index in [9.17, 15) is 5.11 Å². The largest absolute Gasteiger partial charge is 0.506 e. The molecular weight excluding hydrogens is 331 g/mol. The highest BCUT2D eigenvalue weighted by Gasteiger charge is 2.05. The Labute approximate surface area is 148 Å². The van der Waals surface area contributed by atoms with Crippen LogP contribution < -0.4 is 5.32 Å². The first-order valence-corrected chi connectivity index (χ1v) is 7.06. The predicted octanol–water partition coefficient (Wildman–Crippen LogP) is 4.38. The predicted molar refractivity (Wildman–Crippen MR) is 99.6 cm³/mol. The smallest absolute Gasteiger partial charge is 0.141 e. The van der Waals surface area contributed by atoms with Crippen LogP contribution in [0.1, 0.15) is 16.7 Å². The average Bonchev–Trinajstić information content (AvgIpc) is 2.52. The zero-order valence-corrected chi connectivity index (χ0v) is 14.5. The number of aryl methyl sites for hydroxylation is 1. The minimum atomic E-state index is 0. The summed E-state index contributed by atoms with van der Waals surface area (Å²) in [6, 6.07) is 16.1. The summed E-state index contributed by atoms with van der Waals surface area (Å²) < 4.78 is 0. The van der Waals surface area contributed by atoms with Crippen molar-refractivity contribution in [3.63, 3.8) is 0 Å². The van der Waals surface area contributed by atoms with Crippen LogP contribution in [0, 0.1) is 6.92 Å². The quantitative estimate of drug-likeness (QED) is 0.733. The summed E-state index contributed by atoms with van der Waals surface area (Å²) in [6.07, 6.45) is 1.70. The fraction of sp³-hybridized carbons (Fsp3) is 0.167. The summed E-state index contributed by atoms with van der Waals surface area (Å²) in [5.74, 6) is 0.230. The van der Waals surface area contributed by atoms with Gasteiger partial charge in [-0.25, -0.2) is 0 Å². The van der Waals surface area contributed by atoms with Gasteiger partial charge >= 0.3 is 0 Å². The topological polar surface area (TPSA) is 45.1 Å². The van der Waals surface area contributed by atoms with Crippen molar-refractivity contribution in [2.75, 3.05) is 0 Å². The first-order chi connectivity index (χ1) is 10.2. The first-order valence-electron chi connectivity index (χ1n) is 7.06. The molecule has 122 valence electrons. The Morgan fingerprint density at radius 3 is 2.43 bits per heavy atom. The third-order valence-electron chi connectivity index (χ3n) is 3.60. The molecule has 2 N–H and O–H groups in total. The summed E-state index contributed by atoms with van der Waals surface area (Å²) in [5, 5.41) is 14.3. The number of halogens is 2. The minimum absolute atomic E-state index is 0. The Balaban J connectivity index is 0.00000132. The fourth-order valence-electron chi connectivity index (χ4n) is 2.42. The van der Waals surface area contributed by atoms with Crippen molar-refractivity contribution in [2.45, 2.75) is 20.0 Å². The molecule has 0 aliphatic carbocycles. The van der Waals surface area contributed by atoms with E-state index in [2.05, 4.69) is 41.5 Å². The van der Waals surface area contributed by atoms with Crippen molar-refractivity contribution in [1.82, 2.24) is 10.3 Å². The van der Waals surface area contributed by atoms with Crippen molar-refractivity contribution < 1.29 is 5.11 Å². The average molecular weight is 351 g/mol. The molecule has 23 heavy (non-hydrogen) atoms. The molecule has 0 radical (unpaired) electrons. The zero-order chi connectivity index (χ0) is 14.7. The number of phenols is 1. The number of nitrogens with zero attached hydrogens (tertiary/aromatic N) is 1. The number of nitrogens with one attached hydrogen (secondary N) is 1. The normalized spacial score (nSPS) is 9.96. The lowest BCUT2D eigenvalue weighted by molar-refractivity contribution is 0.480. The van der Waals surface area contributed by atoms with Crippen molar-refractivity contribution in [3.8, 4) is 5.75 Å². The van der Waals surface area contributed by atoms with Gasteiger partial charge in [0.05, 0.1) is 0 Å². The van der Waals surface area contributed by atoms with Crippen LogP contribution in [0.2, 0.25) is 0 Å². The SMILES string of the molecule is Cc1ccc(CNCc2ccc(O)c3ncccc23)cc1.Cl.Cl. The third-order valence-corrected chi connectivity index (χ3v) is 3.60. The van der Waals surface area contributed by atoms with Gasteiger partial charge in [0.25, 0.3) is 0 Å². The molecule has 0 amide bonds. The van der Waals surface area contributed by atoms with Gasteiger partial charge in [0.2, 0.25) is 0 Å². The number of phenolic OH excluding ortho intramolecular Hbond substituents is 1. The summed E-state index contributed by atoms with van der Waals surface area (Å²) in [6.45, 7) is 3.66. The lowest BCUT2D eigenvalue weighted by atomic mass is 10.1. The molecule has 0 bridgehead atoms. The number of aromatic nitrogens is 1. The molecule has 3 rings (SSSR count). The molecule has 0 saturated heterocycles. The van der Waals surface area contributed by atoms with Crippen LogP contribution >= 0.6 is 24.8 Å². The van der Waals surface area contributed by atoms with Gasteiger partial charge in [0, 0.05) is 24.7 Å². The number of fused-ring (bicyclic) bond motifs is 1. The van der Waals surface area contributed by atoms with E-state index in [-0.39, 0.29) is 30.6 Å². The first kappa shape index (κ1) is 19.2. The molecule has 0 fully saturated rings. The van der Waals surface area contributed by atoms with Crippen LogP contribution in [-0.4, -0.2) is 10.1 Å². The van der Waals surface area contributed by atoms with E-state index in [1.165, 1.54) is 11.1 Å². The van der Waals surface area contributed by atoms with E-state index in [1.807, 2.05) is 18.2 Å². The molecule has 2 aromatic carbocycles. The molecule has 0 atom stereocenters. The standard InChI is InChI=1S/C18H18N2O.2ClH/c1-13-4-6-14(7-5-13)11-19-12-15-8-9-17(21)18-16(15)3-2-10-20-18;;/h2-10,19,21H,11-12H2,1H3;2*1H. The maximum Gasteiger partial charge on any atom is 0.141 e. The molecule has 5 heteroatoms. The number of aromatic hydroxyl groups is 1. The summed E-state index contributed by atoms with van der Waals surface area (Å²) in [4.78, 5) is 4.24. The van der Waals surface area contributed by atoms with Crippen LogP contribution in [0.3, 0.4) is 0 Å². The molecule has 3 aromatic rings. The van der Waals surface area contributed by atoms with Gasteiger partial charge < -0.3 is 10.4 Å². The highest BCUT2D eigenvalue weighted by Crippen LogP contribution is 2.25. The Hall–Kier alpha value is -1.81. The van der Waals surface area contributed by atoms with Crippen LogP contribution in [-0.2, 0) is 13.1 Å². The summed E-state index contributed by atoms with van der Waals surface area (Å²) in [5.41, 5.74) is 4.34. The minimum Gasteiger partial charge on any atom is -0.506 e. The Morgan fingerprint density at radius 1 is 0.957 bits per heavy atom. The van der Waals surface area contributed by atoms with Gasteiger partial charge in [-0.1, -0.05) is 42.0 Å². The number of hydrogen-bond acceptors (Lipinski definition) is 3. The van der Waals surface area contributed by atoms with Crippen LogP contribution in [0.4, 0.5) is 0 Å². The molecule has 0 saturated carbocycles. The van der Waals surface area contributed by atoms with Gasteiger partial charge in [-0.3, -0.25) is 4.98 Å². The third kappa shape index (κ3) is 4.58. The van der Waals surface area contributed by atoms with Gasteiger partial charge in [-0.05, 0) is 30.2 Å². The second kappa shape index (κ2) is 8.73. The second-order valence-electron chi connectivity index (χ2n) is 5.23. The maximum atomic E-state index is 9.84. The van der Waals surface area contributed by atoms with Gasteiger partial charge in [-0.2, -0.15) is 0 Å². The Bertz CT molecular complexity index is 761. The second-order valence-corrected chi connectivity index (χ2v) is 5.23. The van der Waals surface area contributed by atoms with Crippen molar-refractivity contribution in [3.05, 3.63) is 71.4 Å². The number of rotatable bonds is 4. The van der Waals surface area contributed by atoms with Crippen molar-refractivity contribution in [2.24, 2.45) is 0 Å². The van der Waals surface area contributed by atoms with E-state index >= 15 is 0 Å². The van der Waals surface area contributed by atoms with E-state index in [1.54, 1.807) is 12.3 Å². The lowest BCUT2D eigenvalue weighted by Gasteiger charge is -2.09. The van der Waals surface area contributed by atoms with Crippen LogP contribution in [0.25, 0.3) is 10.9 Å². The monoisotopic (exact) mass is 350 g/mol. The van der Waals surface area contributed by atoms with Gasteiger partial charge in [0.1, 0.15) is 11.3 Å². The summed E-state index contributed by atoms with van der Waals surface area (Å²) in [7, 11) is 0. The van der Waals surface area contributed by atoms with Crippen molar-refractivity contribution in [1.29, 1.82) is 0 Å². The number of hydrogen-bond donors (Lipinski definition) is 2. The molecule has 1 aromatic heterocycles. The highest BCUT2D eigenvalue weighted by atomic mass is 35.5. The fourth-order valence-corrected chi connectivity index (χ4v) is 2.42. The van der Waals surface area contributed by atoms with E-state index in [0.717, 1.165) is 24.0 Å². The molecule has 0 unspecified atom stereocenters. The number of benzene rings is 2. The molecule has 1 heterocycles. The highest BCUT2D eigenvalue weighted by molar-refractivity contribution is 5.87. The lowest BCUT2D eigenvalue weighted by Crippen LogP contribution is -2.13. The Morgan fingerprint density at radius 2 is 1.70 bits per heavy atom. The molecule has 0 aliphatic heterocycles. The molecule has 0 aliphatic rings. The molecular formula is C18H20Cl2N2O. The van der Waals surface area contributed by atoms with E-state index < -0.39 is 0 Å². The maximum absolute atomic E-state index is 9.84. The summed E-state index contributed by atoms with van der Waals surface area (Å²) >= 11 is 0. The van der Waals surface area contributed by atoms with Gasteiger partial charge in [-0.15, -0.1) is 24.8 Å². The molecule has 3 nitrogen and oxygen atoms in total. The van der Waals surface area contributed by atoms with Crippen molar-refractivity contribution >= 4 is 35.7 Å². The van der Waals surface area contributed by atoms with E-state index in [4.69, 9.17) is 0 Å². The zero-order valence-electron chi connectivity index (χ0n) is 12.8.